The number of esters is 4. The van der Waals surface area contributed by atoms with Gasteiger partial charge in [-0.05, 0) is 31.6 Å². The monoisotopic (exact) mass is 1230 g/mol. The third-order valence-corrected chi connectivity index (χ3v) is 17.0. The molecule has 0 fully saturated rings. The minimum absolute atomic E-state index is 0.104. The van der Waals surface area contributed by atoms with Gasteiger partial charge >= 0.3 is 39.5 Å². The molecule has 0 saturated heterocycles. The van der Waals surface area contributed by atoms with Gasteiger partial charge in [0.15, 0.2) is 12.2 Å². The van der Waals surface area contributed by atoms with Crippen molar-refractivity contribution in [3.63, 3.8) is 0 Å². The second-order valence-electron chi connectivity index (χ2n) is 23.4. The van der Waals surface area contributed by atoms with Crippen molar-refractivity contribution in [3.8, 4) is 0 Å². The van der Waals surface area contributed by atoms with Gasteiger partial charge < -0.3 is 33.8 Å². The van der Waals surface area contributed by atoms with Gasteiger partial charge in [-0.1, -0.05) is 272 Å². The normalized spacial score (nSPS) is 14.6. The number of carbonyl (C=O) groups excluding carboxylic acids is 4. The highest BCUT2D eigenvalue weighted by atomic mass is 31.2. The Kier molecular flexibility index (Phi) is 56.4. The van der Waals surface area contributed by atoms with Crippen molar-refractivity contribution in [3.05, 3.63) is 0 Å². The van der Waals surface area contributed by atoms with Crippen LogP contribution in [0.25, 0.3) is 0 Å². The summed E-state index contributed by atoms with van der Waals surface area (Å²) in [6.45, 7) is 7.09. The smallest absolute Gasteiger partial charge is 0.462 e. The van der Waals surface area contributed by atoms with Crippen molar-refractivity contribution < 1.29 is 80.2 Å². The lowest BCUT2D eigenvalue weighted by molar-refractivity contribution is -0.161. The molecule has 0 aliphatic rings. The van der Waals surface area contributed by atoms with Crippen LogP contribution in [0.4, 0.5) is 0 Å². The fourth-order valence-electron chi connectivity index (χ4n) is 9.55. The third kappa shape index (κ3) is 57.6. The zero-order chi connectivity index (χ0) is 61.3. The van der Waals surface area contributed by atoms with Crippen LogP contribution in [0.2, 0.25) is 0 Å². The molecule has 0 radical (unpaired) electrons. The summed E-state index contributed by atoms with van der Waals surface area (Å²) in [5.41, 5.74) is 0. The van der Waals surface area contributed by atoms with Crippen molar-refractivity contribution in [1.29, 1.82) is 0 Å². The Bertz CT molecular complexity index is 1620. The second-order valence-corrected chi connectivity index (χ2v) is 26.3. The van der Waals surface area contributed by atoms with Crippen LogP contribution in [0, 0.1) is 5.92 Å². The molecule has 0 aliphatic carbocycles. The van der Waals surface area contributed by atoms with E-state index in [9.17, 15) is 43.2 Å². The molecule has 19 heteroatoms. The van der Waals surface area contributed by atoms with Crippen LogP contribution in [0.1, 0.15) is 324 Å². The molecule has 0 aromatic rings. The molecule has 0 amide bonds. The molecular formula is C64H124O17P2. The minimum Gasteiger partial charge on any atom is -0.462 e. The summed E-state index contributed by atoms with van der Waals surface area (Å²) < 4.78 is 67.8. The Balaban J connectivity index is 5.15. The Morgan fingerprint density at radius 3 is 0.855 bits per heavy atom. The van der Waals surface area contributed by atoms with Crippen molar-refractivity contribution in [2.45, 2.75) is 342 Å². The Labute approximate surface area is 505 Å². The van der Waals surface area contributed by atoms with Crippen molar-refractivity contribution >= 4 is 39.5 Å². The zero-order valence-electron chi connectivity index (χ0n) is 53.3. The first-order chi connectivity index (χ1) is 40.1. The number of carbonyl (C=O) groups is 4. The molecule has 0 saturated carbocycles. The molecule has 6 atom stereocenters. The molecule has 0 bridgehead atoms. The van der Waals surface area contributed by atoms with Gasteiger partial charge in [-0.2, -0.15) is 0 Å². The van der Waals surface area contributed by atoms with E-state index in [0.717, 1.165) is 121 Å². The van der Waals surface area contributed by atoms with Crippen molar-refractivity contribution in [2.24, 2.45) is 5.92 Å². The lowest BCUT2D eigenvalue weighted by atomic mass is 10.00. The number of aliphatic hydroxyl groups excluding tert-OH is 1. The largest absolute Gasteiger partial charge is 0.472 e. The Hall–Kier alpha value is -1.94. The van der Waals surface area contributed by atoms with Crippen LogP contribution in [-0.2, 0) is 65.4 Å². The number of unbranched alkanes of at least 4 members (excludes halogenated alkanes) is 35. The summed E-state index contributed by atoms with van der Waals surface area (Å²) in [7, 11) is -9.88. The first-order valence-electron chi connectivity index (χ1n) is 33.7. The first kappa shape index (κ1) is 81.1. The molecule has 0 aromatic heterocycles. The number of phosphoric acid groups is 2. The Morgan fingerprint density at radius 1 is 0.337 bits per heavy atom. The van der Waals surface area contributed by atoms with Crippen molar-refractivity contribution in [2.75, 3.05) is 39.6 Å². The number of phosphoric ester groups is 2. The van der Waals surface area contributed by atoms with Gasteiger partial charge in [0.2, 0.25) is 0 Å². The van der Waals surface area contributed by atoms with Gasteiger partial charge in [-0.25, -0.2) is 9.13 Å². The van der Waals surface area contributed by atoms with Crippen LogP contribution >= 0.6 is 15.6 Å². The highest BCUT2D eigenvalue weighted by molar-refractivity contribution is 7.47. The van der Waals surface area contributed by atoms with Gasteiger partial charge in [0, 0.05) is 25.7 Å². The molecule has 0 rings (SSSR count). The summed E-state index contributed by atoms with van der Waals surface area (Å²) in [6.07, 6.45) is 42.0. The quantitative estimate of drug-likeness (QED) is 0.0222. The highest BCUT2D eigenvalue weighted by Crippen LogP contribution is 2.45. The number of hydrogen-bond donors (Lipinski definition) is 3. The van der Waals surface area contributed by atoms with Crippen LogP contribution < -0.4 is 0 Å². The summed E-state index contributed by atoms with van der Waals surface area (Å²) in [4.78, 5) is 72.0. The topological polar surface area (TPSA) is 237 Å². The third-order valence-electron chi connectivity index (χ3n) is 15.1. The van der Waals surface area contributed by atoms with E-state index < -0.39 is 97.5 Å². The molecule has 0 aliphatic heterocycles. The molecule has 0 heterocycles. The van der Waals surface area contributed by atoms with E-state index in [1.807, 2.05) is 0 Å². The standard InChI is InChI=1S/C64H124O17P2/c1-6-10-13-16-19-21-22-23-24-25-26-27-28-29-30-33-40-45-50-64(69)81-60(54-75-62(67)48-43-38-35-34-36-41-46-57(5)9-4)56-79-83(72,73)77-52-58(65)51-76-82(70,71)78-55-59(53-74-61(66)47-42-37-31-18-15-12-8-3)80-63(68)49-44-39-32-20-17-14-11-7-2/h57-60,65H,6-56H2,1-5H3,(H,70,71)(H,72,73)/t57?,58-,59+,60+/m0/s1. The van der Waals surface area contributed by atoms with E-state index in [-0.39, 0.29) is 25.7 Å². The Morgan fingerprint density at radius 2 is 0.578 bits per heavy atom. The fourth-order valence-corrected chi connectivity index (χ4v) is 11.1. The van der Waals surface area contributed by atoms with Gasteiger partial charge in [-0.15, -0.1) is 0 Å². The first-order valence-corrected chi connectivity index (χ1v) is 36.7. The van der Waals surface area contributed by atoms with Gasteiger partial charge in [0.05, 0.1) is 26.4 Å². The summed E-state index contributed by atoms with van der Waals surface area (Å²) in [5.74, 6) is -1.41. The number of ether oxygens (including phenoxy) is 4. The molecule has 492 valence electrons. The average Bonchev–Trinajstić information content (AvgIpc) is 3.47. The number of hydrogen-bond acceptors (Lipinski definition) is 15. The van der Waals surface area contributed by atoms with Crippen LogP contribution in [0.3, 0.4) is 0 Å². The molecule has 17 nitrogen and oxygen atoms in total. The number of rotatable bonds is 64. The summed E-state index contributed by atoms with van der Waals surface area (Å²) in [5, 5.41) is 10.5. The maximum atomic E-state index is 13.0. The number of aliphatic hydroxyl groups is 1. The molecule has 0 spiro atoms. The zero-order valence-corrected chi connectivity index (χ0v) is 55.1. The van der Waals surface area contributed by atoms with E-state index in [1.165, 1.54) is 122 Å². The molecule has 3 unspecified atom stereocenters. The van der Waals surface area contributed by atoms with Crippen LogP contribution in [0.15, 0.2) is 0 Å². The van der Waals surface area contributed by atoms with Crippen LogP contribution in [-0.4, -0.2) is 96.7 Å². The van der Waals surface area contributed by atoms with Crippen molar-refractivity contribution in [1.82, 2.24) is 0 Å². The van der Waals surface area contributed by atoms with Gasteiger partial charge in [0.25, 0.3) is 0 Å². The minimum atomic E-state index is -4.94. The second kappa shape index (κ2) is 57.8. The summed E-state index contributed by atoms with van der Waals surface area (Å²) in [6, 6.07) is 0. The van der Waals surface area contributed by atoms with Crippen LogP contribution in [0.5, 0.6) is 0 Å². The van der Waals surface area contributed by atoms with E-state index in [2.05, 4.69) is 34.6 Å². The molecule has 0 aromatic carbocycles. The van der Waals surface area contributed by atoms with E-state index in [1.54, 1.807) is 0 Å². The van der Waals surface area contributed by atoms with E-state index in [4.69, 9.17) is 37.0 Å². The highest BCUT2D eigenvalue weighted by Gasteiger charge is 2.30. The fraction of sp³-hybridized carbons (Fsp3) is 0.938. The van der Waals surface area contributed by atoms with E-state index >= 15 is 0 Å². The lowest BCUT2D eigenvalue weighted by Gasteiger charge is -2.21. The lowest BCUT2D eigenvalue weighted by Crippen LogP contribution is -2.30. The SMILES string of the molecule is CCCCCCCCCCCCCCCCCCCCC(=O)O[C@H](COC(=O)CCCCCCCCC(C)CC)COP(=O)(O)OC[C@@H](O)COP(=O)(O)OC[C@@H](COC(=O)CCCCCCCCC)OC(=O)CCCCCCCCCC. The molecule has 3 N–H and O–H groups in total. The molecule has 83 heavy (non-hydrogen) atoms. The van der Waals surface area contributed by atoms with Gasteiger partial charge in [0.1, 0.15) is 19.3 Å². The maximum Gasteiger partial charge on any atom is 0.472 e. The predicted octanol–water partition coefficient (Wildman–Crippen LogP) is 17.8. The average molecular weight is 1230 g/mol. The predicted molar refractivity (Wildman–Crippen MR) is 331 cm³/mol. The van der Waals surface area contributed by atoms with E-state index in [0.29, 0.717) is 25.7 Å². The maximum absolute atomic E-state index is 13.0. The summed E-state index contributed by atoms with van der Waals surface area (Å²) >= 11 is 0. The van der Waals surface area contributed by atoms with Gasteiger partial charge in [-0.3, -0.25) is 37.3 Å². The molecular weight excluding hydrogens is 1100 g/mol.